The minimum atomic E-state index is -0.232. The molecule has 2 rings (SSSR count). The Bertz CT molecular complexity index is 409. The lowest BCUT2D eigenvalue weighted by Gasteiger charge is -2.32. The van der Waals surface area contributed by atoms with Crippen LogP contribution in [0.4, 0.5) is 0 Å². The normalized spacial score (nSPS) is 17.9. The molecule has 0 amide bonds. The lowest BCUT2D eigenvalue weighted by Crippen LogP contribution is -2.37. The Labute approximate surface area is 140 Å². The molecule has 1 unspecified atom stereocenters. The highest BCUT2D eigenvalue weighted by Gasteiger charge is 2.24. The first kappa shape index (κ1) is 19.6. The van der Waals surface area contributed by atoms with E-state index in [0.717, 1.165) is 32.5 Å². The minimum absolute atomic E-state index is 0.232. The number of β-amino-alcohol motifs (C(OH)–C–C–N with tert-alkyl or cyclic N) is 1. The summed E-state index contributed by atoms with van der Waals surface area (Å²) in [6.45, 7) is 11.2. The molecule has 0 radical (unpaired) electrons. The van der Waals surface area contributed by atoms with E-state index in [1.54, 1.807) is 0 Å². The molecule has 1 atom stereocenters. The van der Waals surface area contributed by atoms with E-state index < -0.39 is 0 Å². The Balaban J connectivity index is 0.00000116. The van der Waals surface area contributed by atoms with Crippen LogP contribution in [0.25, 0.3) is 0 Å². The molecule has 0 saturated carbocycles. The zero-order valence-electron chi connectivity index (χ0n) is 14.6. The predicted octanol–water partition coefficient (Wildman–Crippen LogP) is 3.43. The van der Waals surface area contributed by atoms with E-state index in [1.807, 2.05) is 32.1 Å². The van der Waals surface area contributed by atoms with Crippen LogP contribution in [0, 0.1) is 0 Å². The van der Waals surface area contributed by atoms with Crippen molar-refractivity contribution in [1.82, 2.24) is 4.90 Å². The fourth-order valence-corrected chi connectivity index (χ4v) is 4.30. The van der Waals surface area contributed by atoms with Crippen molar-refractivity contribution in [2.45, 2.75) is 65.4 Å². The molecule has 128 valence electrons. The van der Waals surface area contributed by atoms with Crippen LogP contribution in [-0.4, -0.2) is 47.5 Å². The van der Waals surface area contributed by atoms with Crippen molar-refractivity contribution >= 4 is 11.3 Å². The summed E-state index contributed by atoms with van der Waals surface area (Å²) in [5.41, 5.74) is 1.48. The molecule has 1 saturated heterocycles. The number of aryl methyl sites for hydroxylation is 1. The highest BCUT2D eigenvalue weighted by atomic mass is 32.1. The van der Waals surface area contributed by atoms with Crippen LogP contribution in [0.1, 0.15) is 61.8 Å². The fourth-order valence-electron chi connectivity index (χ4n) is 3.12. The lowest BCUT2D eigenvalue weighted by atomic mass is 9.88. The standard InChI is InChI=1S/C16H27NO2S.C2H6/c1-3-14-10-15(16(20-14)6-9-18)13-4-7-17(8-5-13)11-12(2)19;1-2/h10,12-13,18-19H,3-9,11H2,1-2H3;1-2H3. The quantitative estimate of drug-likeness (QED) is 0.841. The van der Waals surface area contributed by atoms with Crippen molar-refractivity contribution in [2.75, 3.05) is 26.2 Å². The summed E-state index contributed by atoms with van der Waals surface area (Å²) in [5, 5.41) is 18.7. The first-order valence-electron chi connectivity index (χ1n) is 8.76. The summed E-state index contributed by atoms with van der Waals surface area (Å²) >= 11 is 1.88. The number of likely N-dealkylation sites (tertiary alicyclic amines) is 1. The van der Waals surface area contributed by atoms with Crippen LogP contribution < -0.4 is 0 Å². The molecule has 1 aromatic heterocycles. The first-order valence-corrected chi connectivity index (χ1v) is 9.58. The van der Waals surface area contributed by atoms with Gasteiger partial charge in [-0.05, 0) is 56.8 Å². The molecule has 0 aliphatic carbocycles. The number of aliphatic hydroxyl groups is 2. The molecule has 22 heavy (non-hydrogen) atoms. The molecule has 0 aromatic carbocycles. The number of hydrogen-bond donors (Lipinski definition) is 2. The summed E-state index contributed by atoms with van der Waals surface area (Å²) in [4.78, 5) is 5.19. The van der Waals surface area contributed by atoms with Crippen LogP contribution in [-0.2, 0) is 12.8 Å². The summed E-state index contributed by atoms with van der Waals surface area (Å²) < 4.78 is 0. The number of piperidine rings is 1. The van der Waals surface area contributed by atoms with Crippen LogP contribution in [0.15, 0.2) is 6.07 Å². The molecule has 0 spiro atoms. The molecule has 1 aromatic rings. The van der Waals surface area contributed by atoms with Crippen LogP contribution >= 0.6 is 11.3 Å². The Kier molecular flexibility index (Phi) is 9.25. The van der Waals surface area contributed by atoms with Crippen molar-refractivity contribution < 1.29 is 10.2 Å². The van der Waals surface area contributed by atoms with Crippen LogP contribution in [0.5, 0.6) is 0 Å². The third-order valence-electron chi connectivity index (χ3n) is 4.13. The van der Waals surface area contributed by atoms with Crippen molar-refractivity contribution in [3.63, 3.8) is 0 Å². The molecule has 1 aliphatic rings. The summed E-state index contributed by atoms with van der Waals surface area (Å²) in [6, 6.07) is 2.37. The molecule has 1 aliphatic heterocycles. The smallest absolute Gasteiger partial charge is 0.0639 e. The van der Waals surface area contributed by atoms with Gasteiger partial charge in [-0.2, -0.15) is 0 Å². The molecular formula is C18H33NO2S. The van der Waals surface area contributed by atoms with Gasteiger partial charge in [0.1, 0.15) is 0 Å². The number of thiophene rings is 1. The molecule has 3 nitrogen and oxygen atoms in total. The van der Waals surface area contributed by atoms with Gasteiger partial charge in [-0.1, -0.05) is 20.8 Å². The van der Waals surface area contributed by atoms with E-state index in [0.29, 0.717) is 5.92 Å². The minimum Gasteiger partial charge on any atom is -0.396 e. The Hall–Kier alpha value is -0.420. The van der Waals surface area contributed by atoms with Crippen LogP contribution in [0.2, 0.25) is 0 Å². The second-order valence-corrected chi connectivity index (χ2v) is 7.06. The Morgan fingerprint density at radius 2 is 1.95 bits per heavy atom. The van der Waals surface area contributed by atoms with Crippen molar-refractivity contribution in [3.8, 4) is 0 Å². The molecular weight excluding hydrogens is 294 g/mol. The molecule has 0 bridgehead atoms. The second kappa shape index (κ2) is 10.4. The zero-order valence-corrected chi connectivity index (χ0v) is 15.5. The van der Waals surface area contributed by atoms with E-state index >= 15 is 0 Å². The van der Waals surface area contributed by atoms with E-state index in [4.69, 9.17) is 0 Å². The van der Waals surface area contributed by atoms with Gasteiger partial charge < -0.3 is 15.1 Å². The van der Waals surface area contributed by atoms with E-state index in [1.165, 1.54) is 28.2 Å². The Morgan fingerprint density at radius 1 is 1.32 bits per heavy atom. The van der Waals surface area contributed by atoms with Gasteiger partial charge in [0.25, 0.3) is 0 Å². The number of aliphatic hydroxyl groups excluding tert-OH is 2. The molecule has 4 heteroatoms. The number of hydrogen-bond acceptors (Lipinski definition) is 4. The van der Waals surface area contributed by atoms with Gasteiger partial charge in [0.15, 0.2) is 0 Å². The molecule has 2 heterocycles. The van der Waals surface area contributed by atoms with Crippen molar-refractivity contribution in [2.24, 2.45) is 0 Å². The average molecular weight is 328 g/mol. The van der Waals surface area contributed by atoms with Gasteiger partial charge in [0.2, 0.25) is 0 Å². The van der Waals surface area contributed by atoms with Gasteiger partial charge in [0.05, 0.1) is 6.10 Å². The van der Waals surface area contributed by atoms with Gasteiger partial charge in [0, 0.05) is 29.3 Å². The SMILES string of the molecule is CC.CCc1cc(C2CCN(CC(C)O)CC2)c(CCO)s1. The average Bonchev–Trinajstić information content (AvgIpc) is 2.93. The van der Waals surface area contributed by atoms with Gasteiger partial charge in [-0.3, -0.25) is 0 Å². The summed E-state index contributed by atoms with van der Waals surface area (Å²) in [6.07, 6.45) is 4.00. The van der Waals surface area contributed by atoms with E-state index in [-0.39, 0.29) is 12.7 Å². The topological polar surface area (TPSA) is 43.7 Å². The predicted molar refractivity (Wildman–Crippen MR) is 95.9 cm³/mol. The van der Waals surface area contributed by atoms with E-state index in [9.17, 15) is 10.2 Å². The third kappa shape index (κ3) is 5.65. The monoisotopic (exact) mass is 327 g/mol. The highest BCUT2D eigenvalue weighted by Crippen LogP contribution is 2.35. The Morgan fingerprint density at radius 3 is 2.45 bits per heavy atom. The number of nitrogens with zero attached hydrogens (tertiary/aromatic N) is 1. The third-order valence-corrected chi connectivity index (χ3v) is 5.48. The summed E-state index contributed by atoms with van der Waals surface area (Å²) in [7, 11) is 0. The molecule has 1 fully saturated rings. The maximum atomic E-state index is 9.47. The number of rotatable bonds is 6. The first-order chi connectivity index (χ1) is 10.6. The molecule has 2 N–H and O–H groups in total. The fraction of sp³-hybridized carbons (Fsp3) is 0.778. The van der Waals surface area contributed by atoms with Crippen molar-refractivity contribution in [3.05, 3.63) is 21.4 Å². The second-order valence-electron chi connectivity index (χ2n) is 5.84. The largest absolute Gasteiger partial charge is 0.396 e. The summed E-state index contributed by atoms with van der Waals surface area (Å²) in [5.74, 6) is 0.637. The maximum absolute atomic E-state index is 9.47. The van der Waals surface area contributed by atoms with Crippen LogP contribution in [0.3, 0.4) is 0 Å². The van der Waals surface area contributed by atoms with Gasteiger partial charge in [-0.25, -0.2) is 0 Å². The van der Waals surface area contributed by atoms with E-state index in [2.05, 4.69) is 17.9 Å². The zero-order chi connectivity index (χ0) is 16.5. The lowest BCUT2D eigenvalue weighted by molar-refractivity contribution is 0.109. The van der Waals surface area contributed by atoms with Crippen molar-refractivity contribution in [1.29, 1.82) is 0 Å². The highest BCUT2D eigenvalue weighted by molar-refractivity contribution is 7.12. The van der Waals surface area contributed by atoms with Gasteiger partial charge >= 0.3 is 0 Å². The van der Waals surface area contributed by atoms with Gasteiger partial charge in [-0.15, -0.1) is 11.3 Å². The maximum Gasteiger partial charge on any atom is 0.0639 e.